The summed E-state index contributed by atoms with van der Waals surface area (Å²) in [7, 11) is 0. The molecule has 0 heterocycles. The summed E-state index contributed by atoms with van der Waals surface area (Å²) in [6, 6.07) is 10.9. The number of hydrogen-bond donors (Lipinski definition) is 3. The molecule has 0 aromatic heterocycles. The van der Waals surface area contributed by atoms with Crippen LogP contribution in [-0.4, -0.2) is 52.7 Å². The van der Waals surface area contributed by atoms with E-state index in [9.17, 15) is 19.5 Å². The predicted octanol–water partition coefficient (Wildman–Crippen LogP) is 4.42. The van der Waals surface area contributed by atoms with Gasteiger partial charge in [0.2, 0.25) is 5.91 Å². The van der Waals surface area contributed by atoms with Crippen molar-refractivity contribution in [1.82, 2.24) is 10.2 Å². The highest BCUT2D eigenvalue weighted by Crippen LogP contribution is 2.28. The molecule has 2 atom stereocenters. The molecule has 2 unspecified atom stereocenters. The third-order valence-electron chi connectivity index (χ3n) is 5.61. The van der Waals surface area contributed by atoms with Crippen LogP contribution in [0.1, 0.15) is 62.4 Å². The quantitative estimate of drug-likeness (QED) is 0.475. The van der Waals surface area contributed by atoms with Crippen molar-refractivity contribution in [2.75, 3.05) is 18.5 Å². The van der Waals surface area contributed by atoms with Crippen LogP contribution in [0.5, 0.6) is 0 Å². The Kier molecular flexibility index (Phi) is 10.0. The van der Waals surface area contributed by atoms with Crippen molar-refractivity contribution < 1.29 is 24.2 Å². The zero-order chi connectivity index (χ0) is 27.0. The van der Waals surface area contributed by atoms with Gasteiger partial charge < -0.3 is 25.4 Å². The number of carbonyl (C=O) groups is 3. The molecule has 3 amide bonds. The number of aliphatic hydroxyl groups excluding tert-OH is 1. The number of nitrogens with one attached hydrogen (secondary N) is 2. The standard InChI is InChI=1S/C28H39N3O5/c1-8-15-31(26(34)23(17-32)30-27(35)36-28(5,6)7)24(21-16-18(2)13-14-19(21)3)25(33)29-22-12-10-9-11-20(22)4/h9-14,16,23-24,32H,8,15,17H2,1-7H3,(H,29,33)(H,30,35). The second kappa shape index (κ2) is 12.5. The maximum Gasteiger partial charge on any atom is 0.408 e. The van der Waals surface area contributed by atoms with Gasteiger partial charge in [-0.15, -0.1) is 0 Å². The number of aryl methyl sites for hydroxylation is 3. The number of alkyl carbamates (subject to hydrolysis) is 1. The molecule has 2 aromatic carbocycles. The van der Waals surface area contributed by atoms with E-state index in [4.69, 9.17) is 4.74 Å². The van der Waals surface area contributed by atoms with Gasteiger partial charge in [0, 0.05) is 12.2 Å². The minimum atomic E-state index is -1.27. The molecule has 196 valence electrons. The second-order valence-corrected chi connectivity index (χ2v) is 9.98. The summed E-state index contributed by atoms with van der Waals surface area (Å²) in [5.74, 6) is -0.954. The minimum absolute atomic E-state index is 0.241. The van der Waals surface area contributed by atoms with Crippen molar-refractivity contribution in [3.05, 3.63) is 64.7 Å². The van der Waals surface area contributed by atoms with E-state index in [1.807, 2.05) is 64.1 Å². The summed E-state index contributed by atoms with van der Waals surface area (Å²) in [5.41, 5.74) is 3.23. The molecule has 2 aromatic rings. The number of nitrogens with zero attached hydrogens (tertiary/aromatic N) is 1. The molecule has 0 aliphatic heterocycles. The third kappa shape index (κ3) is 7.81. The van der Waals surface area contributed by atoms with Gasteiger partial charge in [-0.25, -0.2) is 4.79 Å². The molecular formula is C28H39N3O5. The normalized spacial score (nSPS) is 12.9. The molecule has 36 heavy (non-hydrogen) atoms. The van der Waals surface area contributed by atoms with Crippen molar-refractivity contribution >= 4 is 23.6 Å². The molecular weight excluding hydrogens is 458 g/mol. The van der Waals surface area contributed by atoms with E-state index < -0.39 is 36.3 Å². The van der Waals surface area contributed by atoms with Gasteiger partial charge in [-0.1, -0.05) is 48.9 Å². The van der Waals surface area contributed by atoms with Gasteiger partial charge in [0.15, 0.2) is 0 Å². The Hall–Kier alpha value is -3.39. The molecule has 0 saturated carbocycles. The van der Waals surface area contributed by atoms with E-state index in [1.165, 1.54) is 4.90 Å². The fraction of sp³-hybridized carbons (Fsp3) is 0.464. The molecule has 0 fully saturated rings. The smallest absolute Gasteiger partial charge is 0.408 e. The SMILES string of the molecule is CCCN(C(=O)C(CO)NC(=O)OC(C)(C)C)C(C(=O)Nc1ccccc1C)c1cc(C)ccc1C. The zero-order valence-corrected chi connectivity index (χ0v) is 22.3. The molecule has 0 radical (unpaired) electrons. The van der Waals surface area contributed by atoms with Gasteiger partial charge in [-0.2, -0.15) is 0 Å². The highest BCUT2D eigenvalue weighted by atomic mass is 16.6. The Morgan fingerprint density at radius 3 is 2.28 bits per heavy atom. The van der Waals surface area contributed by atoms with Crippen LogP contribution in [0.3, 0.4) is 0 Å². The second-order valence-electron chi connectivity index (χ2n) is 9.98. The molecule has 0 saturated heterocycles. The first-order valence-electron chi connectivity index (χ1n) is 12.2. The van der Waals surface area contributed by atoms with Gasteiger partial charge in [0.1, 0.15) is 17.7 Å². The van der Waals surface area contributed by atoms with Gasteiger partial charge in [-0.3, -0.25) is 9.59 Å². The summed E-state index contributed by atoms with van der Waals surface area (Å²) in [6.07, 6.45) is -0.256. The van der Waals surface area contributed by atoms with Crippen LogP contribution in [0.15, 0.2) is 42.5 Å². The average Bonchev–Trinajstić information content (AvgIpc) is 2.79. The first-order valence-corrected chi connectivity index (χ1v) is 12.2. The average molecular weight is 498 g/mol. The van der Waals surface area contributed by atoms with Crippen LogP contribution in [0.25, 0.3) is 0 Å². The van der Waals surface area contributed by atoms with Crippen LogP contribution in [0.2, 0.25) is 0 Å². The number of rotatable bonds is 9. The van der Waals surface area contributed by atoms with Crippen molar-refractivity contribution in [2.24, 2.45) is 0 Å². The van der Waals surface area contributed by atoms with E-state index in [2.05, 4.69) is 10.6 Å². The van der Waals surface area contributed by atoms with Crippen LogP contribution in [-0.2, 0) is 14.3 Å². The Bertz CT molecular complexity index is 1080. The van der Waals surface area contributed by atoms with E-state index >= 15 is 0 Å². The molecule has 0 aliphatic rings. The van der Waals surface area contributed by atoms with Gasteiger partial charge >= 0.3 is 6.09 Å². The number of ether oxygens (including phenoxy) is 1. The Balaban J connectivity index is 2.51. The number of carbonyl (C=O) groups excluding carboxylic acids is 3. The summed E-state index contributed by atoms with van der Waals surface area (Å²) >= 11 is 0. The summed E-state index contributed by atoms with van der Waals surface area (Å²) in [5, 5.41) is 15.4. The topological polar surface area (TPSA) is 108 Å². The number of hydrogen-bond acceptors (Lipinski definition) is 5. The largest absolute Gasteiger partial charge is 0.444 e. The molecule has 8 nitrogen and oxygen atoms in total. The van der Waals surface area contributed by atoms with Crippen LogP contribution in [0.4, 0.5) is 10.5 Å². The molecule has 3 N–H and O–H groups in total. The molecule has 0 aliphatic carbocycles. The van der Waals surface area contributed by atoms with Crippen LogP contribution >= 0.6 is 0 Å². The van der Waals surface area contributed by atoms with Crippen molar-refractivity contribution in [3.63, 3.8) is 0 Å². The number of anilines is 1. The highest BCUT2D eigenvalue weighted by Gasteiger charge is 2.36. The van der Waals surface area contributed by atoms with E-state index in [-0.39, 0.29) is 12.5 Å². The monoisotopic (exact) mass is 497 g/mol. The number of para-hydroxylation sites is 1. The van der Waals surface area contributed by atoms with Crippen molar-refractivity contribution in [3.8, 4) is 0 Å². The van der Waals surface area contributed by atoms with E-state index in [1.54, 1.807) is 26.8 Å². The first kappa shape index (κ1) is 28.8. The molecule has 8 heteroatoms. The maximum absolute atomic E-state index is 13.8. The summed E-state index contributed by atoms with van der Waals surface area (Å²) in [4.78, 5) is 41.3. The van der Waals surface area contributed by atoms with Gasteiger partial charge in [-0.05, 0) is 70.7 Å². The lowest BCUT2D eigenvalue weighted by Gasteiger charge is -2.34. The fourth-order valence-corrected chi connectivity index (χ4v) is 3.86. The summed E-state index contributed by atoms with van der Waals surface area (Å²) in [6.45, 7) is 12.3. The minimum Gasteiger partial charge on any atom is -0.444 e. The lowest BCUT2D eigenvalue weighted by atomic mass is 9.96. The van der Waals surface area contributed by atoms with Crippen LogP contribution in [0, 0.1) is 20.8 Å². The lowest BCUT2D eigenvalue weighted by Crippen LogP contribution is -2.54. The third-order valence-corrected chi connectivity index (χ3v) is 5.61. The molecule has 0 spiro atoms. The number of amides is 3. The molecule has 0 bridgehead atoms. The summed E-state index contributed by atoms with van der Waals surface area (Å²) < 4.78 is 5.27. The fourth-order valence-electron chi connectivity index (χ4n) is 3.86. The molecule has 2 rings (SSSR count). The Morgan fingerprint density at radius 1 is 1.03 bits per heavy atom. The Labute approximate surface area is 214 Å². The van der Waals surface area contributed by atoms with Gasteiger partial charge in [0.25, 0.3) is 5.91 Å². The maximum atomic E-state index is 13.8. The first-order chi connectivity index (χ1) is 16.9. The van der Waals surface area contributed by atoms with Gasteiger partial charge in [0.05, 0.1) is 6.61 Å². The van der Waals surface area contributed by atoms with E-state index in [0.717, 1.165) is 16.7 Å². The Morgan fingerprint density at radius 2 is 1.69 bits per heavy atom. The lowest BCUT2D eigenvalue weighted by molar-refractivity contribution is -0.141. The predicted molar refractivity (Wildman–Crippen MR) is 141 cm³/mol. The highest BCUT2D eigenvalue weighted by molar-refractivity contribution is 5.99. The van der Waals surface area contributed by atoms with E-state index in [0.29, 0.717) is 17.7 Å². The van der Waals surface area contributed by atoms with Crippen molar-refractivity contribution in [2.45, 2.75) is 72.6 Å². The number of benzene rings is 2. The zero-order valence-electron chi connectivity index (χ0n) is 22.3. The van der Waals surface area contributed by atoms with Crippen LogP contribution < -0.4 is 10.6 Å². The number of aliphatic hydroxyl groups is 1. The van der Waals surface area contributed by atoms with Crippen molar-refractivity contribution in [1.29, 1.82) is 0 Å².